The maximum Gasteiger partial charge on any atom is 0.237 e. The van der Waals surface area contributed by atoms with Crippen molar-refractivity contribution in [3.8, 4) is 6.07 Å². The Balaban J connectivity index is 1.79. The molecule has 1 fully saturated rings. The number of nitriles is 1. The van der Waals surface area contributed by atoms with Crippen LogP contribution in [0.15, 0.2) is 18.3 Å². The van der Waals surface area contributed by atoms with Gasteiger partial charge in [-0.05, 0) is 38.8 Å². The Bertz CT molecular complexity index is 539. The summed E-state index contributed by atoms with van der Waals surface area (Å²) in [7, 11) is 0. The molecule has 0 saturated carbocycles. The predicted octanol–water partition coefficient (Wildman–Crippen LogP) is 0.771. The van der Waals surface area contributed by atoms with Gasteiger partial charge in [0.25, 0.3) is 0 Å². The summed E-state index contributed by atoms with van der Waals surface area (Å²) in [4.78, 5) is 13.9. The number of likely N-dealkylation sites (tertiary alicyclic amines) is 1. The van der Waals surface area contributed by atoms with Gasteiger partial charge in [0.1, 0.15) is 11.9 Å². The van der Waals surface area contributed by atoms with Crippen LogP contribution in [0.5, 0.6) is 0 Å². The molecule has 0 spiro atoms. The van der Waals surface area contributed by atoms with Gasteiger partial charge >= 0.3 is 0 Å². The van der Waals surface area contributed by atoms with Crippen LogP contribution < -0.4 is 10.6 Å². The lowest BCUT2D eigenvalue weighted by atomic mass is 10.1. The van der Waals surface area contributed by atoms with Gasteiger partial charge in [-0.25, -0.2) is 0 Å². The summed E-state index contributed by atoms with van der Waals surface area (Å²) >= 11 is 0. The van der Waals surface area contributed by atoms with Crippen LogP contribution in [-0.2, 0) is 4.79 Å². The van der Waals surface area contributed by atoms with Gasteiger partial charge in [0, 0.05) is 24.8 Å². The SMILES string of the molecule is CC(C)(CNc1cccnn1)NCC(=O)N1CCCC1C#N. The highest BCUT2D eigenvalue weighted by molar-refractivity contribution is 5.79. The third-order valence-electron chi connectivity index (χ3n) is 3.72. The zero-order chi connectivity index (χ0) is 16.0. The van der Waals surface area contributed by atoms with Crippen molar-refractivity contribution in [2.24, 2.45) is 0 Å². The molecule has 2 rings (SSSR count). The second kappa shape index (κ2) is 7.18. The molecule has 1 aliphatic rings. The average molecular weight is 302 g/mol. The first-order valence-electron chi connectivity index (χ1n) is 7.47. The Morgan fingerprint density at radius 3 is 3.09 bits per heavy atom. The first-order chi connectivity index (χ1) is 10.5. The fourth-order valence-corrected chi connectivity index (χ4v) is 2.39. The van der Waals surface area contributed by atoms with E-state index < -0.39 is 0 Å². The van der Waals surface area contributed by atoms with Gasteiger partial charge in [-0.1, -0.05) is 0 Å². The van der Waals surface area contributed by atoms with E-state index in [-0.39, 0.29) is 24.0 Å². The second-order valence-corrected chi connectivity index (χ2v) is 6.07. The fraction of sp³-hybridized carbons (Fsp3) is 0.600. The molecule has 2 heterocycles. The van der Waals surface area contributed by atoms with Crippen molar-refractivity contribution >= 4 is 11.7 Å². The summed E-state index contributed by atoms with van der Waals surface area (Å²) in [6.07, 6.45) is 3.30. The first kappa shape index (κ1) is 16.2. The van der Waals surface area contributed by atoms with Crippen molar-refractivity contribution in [1.82, 2.24) is 20.4 Å². The lowest BCUT2D eigenvalue weighted by Crippen LogP contribution is -2.50. The molecule has 1 aliphatic heterocycles. The van der Waals surface area contributed by atoms with E-state index in [1.165, 1.54) is 0 Å². The molecule has 0 radical (unpaired) electrons. The Kier molecular flexibility index (Phi) is 5.28. The molecular formula is C15H22N6O. The van der Waals surface area contributed by atoms with E-state index in [0.29, 0.717) is 18.9 Å². The average Bonchev–Trinajstić information content (AvgIpc) is 3.00. The number of carbonyl (C=O) groups excluding carboxylic acids is 1. The van der Waals surface area contributed by atoms with Crippen molar-refractivity contribution in [3.05, 3.63) is 18.3 Å². The van der Waals surface area contributed by atoms with Gasteiger partial charge in [-0.2, -0.15) is 10.4 Å². The lowest BCUT2D eigenvalue weighted by Gasteiger charge is -2.28. The minimum atomic E-state index is -0.283. The zero-order valence-electron chi connectivity index (χ0n) is 13.0. The van der Waals surface area contributed by atoms with Crippen LogP contribution in [0, 0.1) is 11.3 Å². The van der Waals surface area contributed by atoms with Crippen molar-refractivity contribution in [2.75, 3.05) is 25.0 Å². The Labute approximate surface area is 130 Å². The normalized spacial score (nSPS) is 18.0. The number of carbonyl (C=O) groups is 1. The maximum absolute atomic E-state index is 12.2. The van der Waals surface area contributed by atoms with Gasteiger partial charge in [0.15, 0.2) is 0 Å². The van der Waals surface area contributed by atoms with Gasteiger partial charge in [0.2, 0.25) is 5.91 Å². The molecule has 118 valence electrons. The van der Waals surface area contributed by atoms with E-state index in [4.69, 9.17) is 5.26 Å². The number of amides is 1. The third-order valence-corrected chi connectivity index (χ3v) is 3.72. The molecule has 0 aliphatic carbocycles. The molecule has 7 nitrogen and oxygen atoms in total. The molecule has 1 atom stereocenters. The molecule has 22 heavy (non-hydrogen) atoms. The standard InChI is InChI=1S/C15H22N6O/c1-15(2,11-17-13-6-3-7-19-20-13)18-10-14(22)21-8-4-5-12(21)9-16/h3,6-7,12,18H,4-5,8,10-11H2,1-2H3,(H,17,20). The summed E-state index contributed by atoms with van der Waals surface area (Å²) in [5.41, 5.74) is -0.283. The highest BCUT2D eigenvalue weighted by Gasteiger charge is 2.29. The van der Waals surface area contributed by atoms with E-state index >= 15 is 0 Å². The zero-order valence-corrected chi connectivity index (χ0v) is 13.0. The lowest BCUT2D eigenvalue weighted by molar-refractivity contribution is -0.130. The summed E-state index contributed by atoms with van der Waals surface area (Å²) in [6, 6.07) is 5.58. The molecule has 0 bridgehead atoms. The molecule has 1 unspecified atom stereocenters. The molecule has 1 amide bonds. The smallest absolute Gasteiger partial charge is 0.237 e. The van der Waals surface area contributed by atoms with Crippen molar-refractivity contribution in [3.63, 3.8) is 0 Å². The monoisotopic (exact) mass is 302 g/mol. The summed E-state index contributed by atoms with van der Waals surface area (Å²) < 4.78 is 0. The van der Waals surface area contributed by atoms with Crippen molar-refractivity contribution < 1.29 is 4.79 Å². The number of aromatic nitrogens is 2. The van der Waals surface area contributed by atoms with Crippen LogP contribution >= 0.6 is 0 Å². The number of rotatable bonds is 6. The van der Waals surface area contributed by atoms with Crippen LogP contribution in [0.3, 0.4) is 0 Å². The number of anilines is 1. The van der Waals surface area contributed by atoms with Crippen molar-refractivity contribution in [2.45, 2.75) is 38.3 Å². The quantitative estimate of drug-likeness (QED) is 0.806. The summed E-state index contributed by atoms with van der Waals surface area (Å²) in [6.45, 7) is 5.54. The van der Waals surface area contributed by atoms with Crippen LogP contribution in [0.2, 0.25) is 0 Å². The van der Waals surface area contributed by atoms with E-state index in [2.05, 4.69) is 26.9 Å². The molecule has 2 N–H and O–H groups in total. The number of hydrogen-bond donors (Lipinski definition) is 2. The number of nitrogens with zero attached hydrogens (tertiary/aromatic N) is 4. The van der Waals surface area contributed by atoms with E-state index in [1.54, 1.807) is 11.1 Å². The fourth-order valence-electron chi connectivity index (χ4n) is 2.39. The third kappa shape index (κ3) is 4.40. The number of nitrogens with one attached hydrogen (secondary N) is 2. The molecular weight excluding hydrogens is 280 g/mol. The van der Waals surface area contributed by atoms with Gasteiger partial charge < -0.3 is 15.5 Å². The minimum absolute atomic E-state index is 0.0170. The second-order valence-electron chi connectivity index (χ2n) is 6.07. The first-order valence-corrected chi connectivity index (χ1v) is 7.47. The molecule has 1 saturated heterocycles. The Morgan fingerprint density at radius 1 is 1.59 bits per heavy atom. The molecule has 7 heteroatoms. The largest absolute Gasteiger partial charge is 0.367 e. The molecule has 1 aromatic rings. The van der Waals surface area contributed by atoms with Crippen LogP contribution in [-0.4, -0.2) is 52.2 Å². The van der Waals surface area contributed by atoms with Crippen molar-refractivity contribution in [1.29, 1.82) is 5.26 Å². The van der Waals surface area contributed by atoms with Crippen LogP contribution in [0.1, 0.15) is 26.7 Å². The summed E-state index contributed by atoms with van der Waals surface area (Å²) in [5, 5.41) is 23.2. The highest BCUT2D eigenvalue weighted by Crippen LogP contribution is 2.16. The van der Waals surface area contributed by atoms with Gasteiger partial charge in [0.05, 0.1) is 12.6 Å². The Hall–Kier alpha value is -2.20. The van der Waals surface area contributed by atoms with E-state index in [9.17, 15) is 4.79 Å². The Morgan fingerprint density at radius 2 is 2.41 bits per heavy atom. The predicted molar refractivity (Wildman–Crippen MR) is 83.0 cm³/mol. The molecule has 1 aromatic heterocycles. The van der Waals surface area contributed by atoms with E-state index in [1.807, 2.05) is 26.0 Å². The van der Waals surface area contributed by atoms with Gasteiger partial charge in [-0.15, -0.1) is 5.10 Å². The minimum Gasteiger partial charge on any atom is -0.367 e. The van der Waals surface area contributed by atoms with Crippen LogP contribution in [0.4, 0.5) is 5.82 Å². The maximum atomic E-state index is 12.2. The highest BCUT2D eigenvalue weighted by atomic mass is 16.2. The topological polar surface area (TPSA) is 93.9 Å². The van der Waals surface area contributed by atoms with Crippen LogP contribution in [0.25, 0.3) is 0 Å². The molecule has 0 aromatic carbocycles. The number of hydrogen-bond acceptors (Lipinski definition) is 6. The van der Waals surface area contributed by atoms with E-state index in [0.717, 1.165) is 12.8 Å². The summed E-state index contributed by atoms with van der Waals surface area (Å²) in [5.74, 6) is 0.685. The van der Waals surface area contributed by atoms with Gasteiger partial charge in [-0.3, -0.25) is 4.79 Å².